The van der Waals surface area contributed by atoms with Gasteiger partial charge in [0, 0.05) is 82.2 Å². The second kappa shape index (κ2) is 14.7. The molecule has 10 nitrogen and oxygen atoms in total. The Morgan fingerprint density at radius 1 is 1.00 bits per heavy atom. The SMILES string of the molecule is CC(=O)N1CCCN(CC(C)C)CCN(C(=O)CCc2cc(C)nc(C3CCN(S(C)(=O)=O)CC3)n2)Cc2ccccc21. The van der Waals surface area contributed by atoms with Crippen molar-refractivity contribution >= 4 is 27.5 Å². The minimum atomic E-state index is -3.20. The monoisotopic (exact) mass is 612 g/mol. The van der Waals surface area contributed by atoms with Crippen LogP contribution in [-0.4, -0.2) is 96.4 Å². The molecule has 0 spiro atoms. The molecular weight excluding hydrogens is 564 g/mol. The Morgan fingerprint density at radius 2 is 1.72 bits per heavy atom. The molecule has 236 valence electrons. The van der Waals surface area contributed by atoms with E-state index < -0.39 is 10.0 Å². The average molecular weight is 613 g/mol. The summed E-state index contributed by atoms with van der Waals surface area (Å²) >= 11 is 0. The molecule has 3 heterocycles. The van der Waals surface area contributed by atoms with Crippen molar-refractivity contribution < 1.29 is 18.0 Å². The van der Waals surface area contributed by atoms with E-state index in [0.717, 1.165) is 54.5 Å². The first kappa shape index (κ1) is 33.0. The first-order valence-corrected chi connectivity index (χ1v) is 17.4. The number of fused-ring (bicyclic) bond motifs is 1. The lowest BCUT2D eigenvalue weighted by Crippen LogP contribution is -2.40. The third-order valence-corrected chi connectivity index (χ3v) is 9.65. The molecule has 1 saturated heterocycles. The lowest BCUT2D eigenvalue weighted by molar-refractivity contribution is -0.132. The number of piperidine rings is 1. The Labute approximate surface area is 257 Å². The van der Waals surface area contributed by atoms with Crippen molar-refractivity contribution in [1.29, 1.82) is 0 Å². The number of aromatic nitrogens is 2. The maximum Gasteiger partial charge on any atom is 0.223 e. The highest BCUT2D eigenvalue weighted by atomic mass is 32.2. The zero-order valence-electron chi connectivity index (χ0n) is 26.5. The quantitative estimate of drug-likeness (QED) is 0.470. The highest BCUT2D eigenvalue weighted by Crippen LogP contribution is 2.28. The van der Waals surface area contributed by atoms with Crippen LogP contribution in [0.15, 0.2) is 30.3 Å². The van der Waals surface area contributed by atoms with Crippen molar-refractivity contribution in [3.63, 3.8) is 0 Å². The topological polar surface area (TPSA) is 107 Å². The molecule has 2 aliphatic heterocycles. The minimum Gasteiger partial charge on any atom is -0.337 e. The van der Waals surface area contributed by atoms with Gasteiger partial charge in [-0.2, -0.15) is 0 Å². The van der Waals surface area contributed by atoms with Gasteiger partial charge in [-0.3, -0.25) is 9.59 Å². The smallest absolute Gasteiger partial charge is 0.223 e. The number of aryl methyl sites for hydroxylation is 2. The molecule has 0 saturated carbocycles. The molecule has 2 amide bonds. The van der Waals surface area contributed by atoms with Crippen LogP contribution in [0.25, 0.3) is 0 Å². The Morgan fingerprint density at radius 3 is 2.40 bits per heavy atom. The standard InChI is InChI=1S/C32H48N6O4S/c1-24(2)22-35-15-8-16-38(26(4)39)30-10-7-6-9-28(30)23-36(20-19-35)31(40)12-11-29-21-25(3)33-32(34-29)27-13-17-37(18-14-27)43(5,41)42/h6-7,9-10,21,24,27H,8,11-20,22-23H2,1-5H3. The summed E-state index contributed by atoms with van der Waals surface area (Å²) in [6, 6.07) is 9.86. The number of hydrogen-bond donors (Lipinski definition) is 0. The van der Waals surface area contributed by atoms with Crippen molar-refractivity contribution in [2.24, 2.45) is 5.92 Å². The Bertz CT molecular complexity index is 1370. The molecule has 2 aliphatic rings. The van der Waals surface area contributed by atoms with Crippen molar-refractivity contribution in [1.82, 2.24) is 24.1 Å². The second-order valence-electron chi connectivity index (χ2n) is 12.5. The summed E-state index contributed by atoms with van der Waals surface area (Å²) in [5, 5.41) is 0. The van der Waals surface area contributed by atoms with E-state index in [9.17, 15) is 18.0 Å². The van der Waals surface area contributed by atoms with E-state index >= 15 is 0 Å². The van der Waals surface area contributed by atoms with Crippen molar-refractivity contribution in [2.75, 3.05) is 57.0 Å². The van der Waals surface area contributed by atoms with Gasteiger partial charge < -0.3 is 14.7 Å². The van der Waals surface area contributed by atoms with Crippen LogP contribution in [0.1, 0.15) is 75.1 Å². The van der Waals surface area contributed by atoms with E-state index in [1.54, 1.807) is 6.92 Å². The summed E-state index contributed by atoms with van der Waals surface area (Å²) in [6.07, 6.45) is 4.33. The number of amides is 2. The predicted octanol–water partition coefficient (Wildman–Crippen LogP) is 3.60. The summed E-state index contributed by atoms with van der Waals surface area (Å²) < 4.78 is 25.4. The zero-order valence-corrected chi connectivity index (χ0v) is 27.3. The van der Waals surface area contributed by atoms with Crippen LogP contribution >= 0.6 is 0 Å². The summed E-state index contributed by atoms with van der Waals surface area (Å²) in [5.74, 6) is 1.42. The first-order valence-electron chi connectivity index (χ1n) is 15.6. The second-order valence-corrected chi connectivity index (χ2v) is 14.4. The van der Waals surface area contributed by atoms with E-state index in [1.165, 1.54) is 10.6 Å². The lowest BCUT2D eigenvalue weighted by atomic mass is 9.97. The Hall–Kier alpha value is -2.89. The van der Waals surface area contributed by atoms with Gasteiger partial charge in [-0.1, -0.05) is 32.0 Å². The van der Waals surface area contributed by atoms with Gasteiger partial charge in [-0.15, -0.1) is 0 Å². The number of benzene rings is 1. The molecule has 1 aromatic carbocycles. The number of sulfonamides is 1. The number of nitrogens with zero attached hydrogens (tertiary/aromatic N) is 6. The van der Waals surface area contributed by atoms with E-state index in [2.05, 4.69) is 23.7 Å². The van der Waals surface area contributed by atoms with Gasteiger partial charge in [0.15, 0.2) is 0 Å². The van der Waals surface area contributed by atoms with Gasteiger partial charge >= 0.3 is 0 Å². The maximum absolute atomic E-state index is 13.8. The van der Waals surface area contributed by atoms with Crippen LogP contribution in [0.4, 0.5) is 5.69 Å². The predicted molar refractivity (Wildman–Crippen MR) is 169 cm³/mol. The van der Waals surface area contributed by atoms with E-state index in [4.69, 9.17) is 4.98 Å². The first-order chi connectivity index (χ1) is 20.4. The van der Waals surface area contributed by atoms with Gasteiger partial charge in [0.05, 0.1) is 6.26 Å². The molecule has 4 rings (SSSR count). The Balaban J connectivity index is 1.50. The molecule has 0 unspecified atom stereocenters. The molecule has 0 atom stereocenters. The molecule has 11 heteroatoms. The molecule has 0 bridgehead atoms. The normalized spacial score (nSPS) is 18.4. The summed E-state index contributed by atoms with van der Waals surface area (Å²) in [5.41, 5.74) is 3.55. The van der Waals surface area contributed by atoms with Crippen LogP contribution in [0.2, 0.25) is 0 Å². The van der Waals surface area contributed by atoms with Gasteiger partial charge in [0.25, 0.3) is 0 Å². The van der Waals surface area contributed by atoms with Gasteiger partial charge in [0.1, 0.15) is 5.82 Å². The van der Waals surface area contributed by atoms with Crippen molar-refractivity contribution in [2.45, 2.75) is 72.3 Å². The summed E-state index contributed by atoms with van der Waals surface area (Å²) in [7, 11) is -3.20. The number of rotatable bonds is 7. The van der Waals surface area contributed by atoms with Crippen LogP contribution in [0.5, 0.6) is 0 Å². The third-order valence-electron chi connectivity index (χ3n) is 8.35. The van der Waals surface area contributed by atoms with E-state index in [-0.39, 0.29) is 17.7 Å². The summed E-state index contributed by atoms with van der Waals surface area (Å²) in [6.45, 7) is 13.2. The molecular formula is C32H48N6O4S. The largest absolute Gasteiger partial charge is 0.337 e. The molecule has 2 aromatic rings. The molecule has 0 N–H and O–H groups in total. The van der Waals surface area contributed by atoms with Gasteiger partial charge in [0.2, 0.25) is 21.8 Å². The number of carbonyl (C=O) groups excluding carboxylic acids is 2. The highest BCUT2D eigenvalue weighted by molar-refractivity contribution is 7.88. The Kier molecular flexibility index (Phi) is 11.3. The maximum atomic E-state index is 13.8. The summed E-state index contributed by atoms with van der Waals surface area (Å²) in [4.78, 5) is 42.2. The molecule has 1 aromatic heterocycles. The number of hydrogen-bond acceptors (Lipinski definition) is 7. The lowest BCUT2D eigenvalue weighted by Gasteiger charge is -2.29. The fourth-order valence-corrected chi connectivity index (χ4v) is 7.06. The van der Waals surface area contributed by atoms with Crippen LogP contribution in [-0.2, 0) is 32.6 Å². The van der Waals surface area contributed by atoms with E-state index in [1.807, 2.05) is 47.1 Å². The average Bonchev–Trinajstić information content (AvgIpc) is 2.98. The molecule has 1 fully saturated rings. The van der Waals surface area contributed by atoms with Crippen LogP contribution < -0.4 is 4.90 Å². The van der Waals surface area contributed by atoms with Crippen molar-refractivity contribution in [3.05, 3.63) is 53.1 Å². The van der Waals surface area contributed by atoms with Crippen molar-refractivity contribution in [3.8, 4) is 0 Å². The minimum absolute atomic E-state index is 0.0110. The third kappa shape index (κ3) is 9.30. The van der Waals surface area contributed by atoms with Gasteiger partial charge in [-0.25, -0.2) is 22.7 Å². The fraction of sp³-hybridized carbons (Fsp3) is 0.625. The van der Waals surface area contributed by atoms with Crippen LogP contribution in [0, 0.1) is 12.8 Å². The number of anilines is 1. The molecule has 0 aliphatic carbocycles. The van der Waals surface area contributed by atoms with Crippen LogP contribution in [0.3, 0.4) is 0 Å². The van der Waals surface area contributed by atoms with Gasteiger partial charge in [-0.05, 0) is 62.8 Å². The zero-order chi connectivity index (χ0) is 31.1. The van der Waals surface area contributed by atoms with E-state index in [0.29, 0.717) is 64.3 Å². The highest BCUT2D eigenvalue weighted by Gasteiger charge is 2.28. The number of para-hydroxylation sites is 1. The number of carbonyl (C=O) groups is 2. The fourth-order valence-electron chi connectivity index (χ4n) is 6.19. The molecule has 0 radical (unpaired) electrons. The molecule has 43 heavy (non-hydrogen) atoms.